The number of nitrogens with one attached hydrogen (secondary N) is 2. The third-order valence-electron chi connectivity index (χ3n) is 3.91. The first kappa shape index (κ1) is 21.4. The molecule has 0 atom stereocenters. The van der Waals surface area contributed by atoms with Gasteiger partial charge in [-0.15, -0.1) is 12.4 Å². The van der Waals surface area contributed by atoms with Crippen molar-refractivity contribution >= 4 is 34.0 Å². The van der Waals surface area contributed by atoms with Crippen LogP contribution in [0.3, 0.4) is 0 Å². The third-order valence-corrected chi connectivity index (χ3v) is 5.82. The summed E-state index contributed by atoms with van der Waals surface area (Å²) in [5.74, 6) is 0.524. The van der Waals surface area contributed by atoms with E-state index in [1.165, 1.54) is 16.4 Å². The fraction of sp³-hybridized carbons (Fsp3) is 0.353. The molecule has 2 aromatic rings. The molecular formula is C17H22ClN3O5S. The lowest BCUT2D eigenvalue weighted by molar-refractivity contribution is -0.115. The number of ether oxygens (including phenoxy) is 1. The lowest BCUT2D eigenvalue weighted by Crippen LogP contribution is -2.40. The van der Waals surface area contributed by atoms with E-state index in [0.717, 1.165) is 5.76 Å². The summed E-state index contributed by atoms with van der Waals surface area (Å²) in [4.78, 5) is 12.1. The topological polar surface area (TPSA) is 101 Å². The Morgan fingerprint density at radius 2 is 1.81 bits per heavy atom. The molecule has 27 heavy (non-hydrogen) atoms. The first-order valence-corrected chi connectivity index (χ1v) is 9.70. The zero-order valence-electron chi connectivity index (χ0n) is 14.6. The Bertz CT molecular complexity index is 819. The number of nitrogens with zero attached hydrogens (tertiary/aromatic N) is 1. The van der Waals surface area contributed by atoms with E-state index < -0.39 is 10.0 Å². The van der Waals surface area contributed by atoms with Gasteiger partial charge in [0.05, 0.1) is 37.5 Å². The molecule has 1 aliphatic rings. The molecule has 1 aliphatic heterocycles. The second-order valence-electron chi connectivity index (χ2n) is 5.77. The van der Waals surface area contributed by atoms with Crippen molar-refractivity contribution in [2.24, 2.45) is 0 Å². The molecule has 0 aliphatic carbocycles. The molecule has 0 saturated carbocycles. The minimum atomic E-state index is -3.53. The molecule has 1 saturated heterocycles. The van der Waals surface area contributed by atoms with Crippen LogP contribution in [-0.4, -0.2) is 51.5 Å². The van der Waals surface area contributed by atoms with Gasteiger partial charge in [0.15, 0.2) is 0 Å². The molecule has 1 aromatic heterocycles. The number of rotatable bonds is 7. The van der Waals surface area contributed by atoms with Gasteiger partial charge in [0.25, 0.3) is 0 Å². The highest BCUT2D eigenvalue weighted by molar-refractivity contribution is 7.89. The largest absolute Gasteiger partial charge is 0.468 e. The van der Waals surface area contributed by atoms with Crippen LogP contribution in [0.25, 0.3) is 0 Å². The molecule has 0 unspecified atom stereocenters. The molecular weight excluding hydrogens is 394 g/mol. The van der Waals surface area contributed by atoms with Crippen molar-refractivity contribution in [2.75, 3.05) is 38.2 Å². The highest BCUT2D eigenvalue weighted by Crippen LogP contribution is 2.19. The average Bonchev–Trinajstić information content (AvgIpc) is 3.16. The van der Waals surface area contributed by atoms with Crippen molar-refractivity contribution in [3.63, 3.8) is 0 Å². The predicted molar refractivity (Wildman–Crippen MR) is 102 cm³/mol. The molecule has 1 fully saturated rings. The van der Waals surface area contributed by atoms with Gasteiger partial charge >= 0.3 is 0 Å². The Labute approximate surface area is 164 Å². The van der Waals surface area contributed by atoms with Crippen LogP contribution in [0.4, 0.5) is 5.69 Å². The van der Waals surface area contributed by atoms with Crippen LogP contribution in [0.1, 0.15) is 5.76 Å². The monoisotopic (exact) mass is 415 g/mol. The van der Waals surface area contributed by atoms with Crippen LogP contribution in [0.5, 0.6) is 0 Å². The maximum atomic E-state index is 12.5. The Morgan fingerprint density at radius 3 is 2.44 bits per heavy atom. The van der Waals surface area contributed by atoms with Gasteiger partial charge in [-0.2, -0.15) is 4.31 Å². The number of carbonyl (C=O) groups is 1. The summed E-state index contributed by atoms with van der Waals surface area (Å²) >= 11 is 0. The van der Waals surface area contributed by atoms with E-state index in [9.17, 15) is 13.2 Å². The molecule has 1 aromatic carbocycles. The summed E-state index contributed by atoms with van der Waals surface area (Å²) in [6, 6.07) is 9.75. The highest BCUT2D eigenvalue weighted by atomic mass is 35.5. The number of amides is 1. The van der Waals surface area contributed by atoms with Crippen LogP contribution in [-0.2, 0) is 26.1 Å². The molecule has 0 bridgehead atoms. The summed E-state index contributed by atoms with van der Waals surface area (Å²) in [6.07, 6.45) is 1.57. The predicted octanol–water partition coefficient (Wildman–Crippen LogP) is 1.45. The minimum absolute atomic E-state index is 0. The van der Waals surface area contributed by atoms with Gasteiger partial charge in [-0.25, -0.2) is 8.42 Å². The van der Waals surface area contributed by atoms with Crippen molar-refractivity contribution in [3.8, 4) is 0 Å². The van der Waals surface area contributed by atoms with E-state index in [4.69, 9.17) is 9.15 Å². The van der Waals surface area contributed by atoms with Gasteiger partial charge in [0.1, 0.15) is 5.76 Å². The van der Waals surface area contributed by atoms with Crippen molar-refractivity contribution in [2.45, 2.75) is 11.4 Å². The number of furan rings is 1. The summed E-state index contributed by atoms with van der Waals surface area (Å²) in [5.41, 5.74) is 0.538. The van der Waals surface area contributed by atoms with Crippen LogP contribution >= 0.6 is 12.4 Å². The second-order valence-corrected chi connectivity index (χ2v) is 7.71. The zero-order chi connectivity index (χ0) is 18.4. The van der Waals surface area contributed by atoms with Gasteiger partial charge in [0.2, 0.25) is 15.9 Å². The zero-order valence-corrected chi connectivity index (χ0v) is 16.2. The molecule has 2 heterocycles. The quantitative estimate of drug-likeness (QED) is 0.709. The Balaban J connectivity index is 0.00000261. The number of sulfonamides is 1. The van der Waals surface area contributed by atoms with Gasteiger partial charge in [-0.05, 0) is 36.4 Å². The van der Waals surface area contributed by atoms with Crippen LogP contribution in [0.2, 0.25) is 0 Å². The van der Waals surface area contributed by atoms with E-state index in [-0.39, 0.29) is 29.8 Å². The molecule has 0 radical (unpaired) electrons. The smallest absolute Gasteiger partial charge is 0.243 e. The maximum Gasteiger partial charge on any atom is 0.243 e. The molecule has 148 valence electrons. The van der Waals surface area contributed by atoms with Crippen LogP contribution < -0.4 is 10.6 Å². The number of halogens is 1. The second kappa shape index (κ2) is 9.86. The third kappa shape index (κ3) is 5.78. The highest BCUT2D eigenvalue weighted by Gasteiger charge is 2.26. The Kier molecular flexibility index (Phi) is 7.81. The fourth-order valence-electron chi connectivity index (χ4n) is 2.56. The minimum Gasteiger partial charge on any atom is -0.468 e. The Morgan fingerprint density at radius 1 is 1.11 bits per heavy atom. The van der Waals surface area contributed by atoms with E-state index >= 15 is 0 Å². The van der Waals surface area contributed by atoms with Crippen LogP contribution in [0, 0.1) is 0 Å². The number of anilines is 1. The molecule has 3 rings (SSSR count). The molecule has 2 N–H and O–H groups in total. The van der Waals surface area contributed by atoms with Crippen LogP contribution in [0.15, 0.2) is 52.0 Å². The van der Waals surface area contributed by atoms with Gasteiger partial charge in [-0.3, -0.25) is 4.79 Å². The first-order valence-electron chi connectivity index (χ1n) is 8.26. The van der Waals surface area contributed by atoms with Gasteiger partial charge < -0.3 is 19.8 Å². The lowest BCUT2D eigenvalue weighted by Gasteiger charge is -2.26. The number of hydrogen-bond acceptors (Lipinski definition) is 6. The average molecular weight is 416 g/mol. The maximum absolute atomic E-state index is 12.5. The number of carbonyl (C=O) groups excluding carboxylic acids is 1. The van der Waals surface area contributed by atoms with E-state index in [1.807, 2.05) is 6.07 Å². The summed E-state index contributed by atoms with van der Waals surface area (Å²) in [6.45, 7) is 2.08. The van der Waals surface area contributed by atoms with E-state index in [2.05, 4.69) is 10.6 Å². The lowest BCUT2D eigenvalue weighted by atomic mass is 10.3. The Hall–Kier alpha value is -1.91. The first-order chi connectivity index (χ1) is 12.6. The standard InChI is InChI=1S/C17H21N3O5S.ClH/c21-17(13-18-12-15-2-1-9-25-15)19-14-3-5-16(6-4-14)26(22,23)20-7-10-24-11-8-20;/h1-6,9,18H,7-8,10-13H2,(H,19,21);1H. The van der Waals surface area contributed by atoms with Crippen molar-refractivity contribution in [3.05, 3.63) is 48.4 Å². The SMILES string of the molecule is Cl.O=C(CNCc1ccco1)Nc1ccc(S(=O)(=O)N2CCOCC2)cc1. The molecule has 8 nitrogen and oxygen atoms in total. The fourth-order valence-corrected chi connectivity index (χ4v) is 3.97. The summed E-state index contributed by atoms with van der Waals surface area (Å²) < 4.78 is 36.8. The van der Waals surface area contributed by atoms with Crippen molar-refractivity contribution < 1.29 is 22.4 Å². The number of hydrogen-bond donors (Lipinski definition) is 2. The van der Waals surface area contributed by atoms with Gasteiger partial charge in [0, 0.05) is 18.8 Å². The molecule has 1 amide bonds. The number of benzene rings is 1. The number of morpholine rings is 1. The van der Waals surface area contributed by atoms with E-state index in [0.29, 0.717) is 38.5 Å². The molecule has 10 heteroatoms. The van der Waals surface area contributed by atoms with Crippen molar-refractivity contribution in [1.82, 2.24) is 9.62 Å². The molecule has 0 spiro atoms. The summed E-state index contributed by atoms with van der Waals surface area (Å²) in [5, 5.41) is 5.69. The van der Waals surface area contributed by atoms with E-state index in [1.54, 1.807) is 24.5 Å². The summed E-state index contributed by atoms with van der Waals surface area (Å²) in [7, 11) is -3.53. The normalized spacial score (nSPS) is 15.1. The van der Waals surface area contributed by atoms with Gasteiger partial charge in [-0.1, -0.05) is 0 Å². The van der Waals surface area contributed by atoms with Crippen molar-refractivity contribution in [1.29, 1.82) is 0 Å².